The first-order valence-corrected chi connectivity index (χ1v) is 7.86. The summed E-state index contributed by atoms with van der Waals surface area (Å²) in [6.45, 7) is 2.09. The molecule has 1 aromatic carbocycles. The molecule has 2 heterocycles. The van der Waals surface area contributed by atoms with E-state index in [9.17, 15) is 4.79 Å². The maximum Gasteiger partial charge on any atom is 0.185 e. The average molecular weight is 286 g/mol. The summed E-state index contributed by atoms with van der Waals surface area (Å²) < 4.78 is 0. The van der Waals surface area contributed by atoms with Crippen molar-refractivity contribution in [3.63, 3.8) is 0 Å². The van der Waals surface area contributed by atoms with Crippen LogP contribution in [0.4, 0.5) is 5.13 Å². The first kappa shape index (κ1) is 13.3. The van der Waals surface area contributed by atoms with Gasteiger partial charge in [-0.1, -0.05) is 41.7 Å². The molecule has 0 radical (unpaired) electrons. The summed E-state index contributed by atoms with van der Waals surface area (Å²) >= 11 is 1.49. The summed E-state index contributed by atoms with van der Waals surface area (Å²) in [5.74, 6) is 0.763. The number of carbonyl (C=O) groups excluding carboxylic acids is 1. The van der Waals surface area contributed by atoms with Crippen LogP contribution in [-0.2, 0) is 6.42 Å². The second-order valence-corrected chi connectivity index (χ2v) is 6.32. The number of thiazole rings is 1. The SMILES string of the molecule is O=Cc1cnc(N2CCC(Cc3ccccc3)CC2)s1. The highest BCUT2D eigenvalue weighted by atomic mass is 32.1. The summed E-state index contributed by atoms with van der Waals surface area (Å²) in [6.07, 6.45) is 6.12. The van der Waals surface area contributed by atoms with Gasteiger partial charge in [-0.15, -0.1) is 0 Å². The molecule has 1 aliphatic rings. The van der Waals surface area contributed by atoms with Gasteiger partial charge < -0.3 is 4.90 Å². The number of benzene rings is 1. The van der Waals surface area contributed by atoms with Crippen molar-refractivity contribution in [2.75, 3.05) is 18.0 Å². The van der Waals surface area contributed by atoms with Gasteiger partial charge in [0.1, 0.15) is 0 Å². The van der Waals surface area contributed by atoms with Crippen LogP contribution in [0.15, 0.2) is 36.5 Å². The lowest BCUT2D eigenvalue weighted by Crippen LogP contribution is -2.34. The van der Waals surface area contributed by atoms with Gasteiger partial charge in [0.25, 0.3) is 0 Å². The molecule has 1 saturated heterocycles. The second kappa shape index (κ2) is 6.18. The highest BCUT2D eigenvalue weighted by molar-refractivity contribution is 7.17. The Balaban J connectivity index is 1.55. The topological polar surface area (TPSA) is 33.2 Å². The monoisotopic (exact) mass is 286 g/mol. The second-order valence-electron chi connectivity index (χ2n) is 5.28. The molecular weight excluding hydrogens is 268 g/mol. The molecule has 2 aromatic rings. The summed E-state index contributed by atoms with van der Waals surface area (Å²) in [4.78, 5) is 18.1. The molecule has 1 fully saturated rings. The van der Waals surface area contributed by atoms with E-state index in [1.54, 1.807) is 6.20 Å². The van der Waals surface area contributed by atoms with Crippen LogP contribution in [0.5, 0.6) is 0 Å². The third-order valence-electron chi connectivity index (χ3n) is 3.88. The summed E-state index contributed by atoms with van der Waals surface area (Å²) in [5, 5.41) is 0.991. The van der Waals surface area contributed by atoms with Gasteiger partial charge in [-0.2, -0.15) is 0 Å². The predicted octanol–water partition coefficient (Wildman–Crippen LogP) is 3.41. The largest absolute Gasteiger partial charge is 0.348 e. The molecule has 0 unspecified atom stereocenters. The minimum absolute atomic E-state index is 0.714. The van der Waals surface area contributed by atoms with Crippen molar-refractivity contribution in [3.05, 3.63) is 47.0 Å². The lowest BCUT2D eigenvalue weighted by molar-refractivity contribution is 0.112. The van der Waals surface area contributed by atoms with Gasteiger partial charge in [-0.25, -0.2) is 4.98 Å². The number of piperidine rings is 1. The third-order valence-corrected chi connectivity index (χ3v) is 4.86. The molecule has 0 atom stereocenters. The number of nitrogens with zero attached hydrogens (tertiary/aromatic N) is 2. The number of rotatable bonds is 4. The summed E-state index contributed by atoms with van der Waals surface area (Å²) in [7, 11) is 0. The Morgan fingerprint density at radius 1 is 1.25 bits per heavy atom. The maximum absolute atomic E-state index is 10.7. The van der Waals surface area contributed by atoms with Crippen molar-refractivity contribution in [2.24, 2.45) is 5.92 Å². The Kier molecular flexibility index (Phi) is 4.11. The molecule has 104 valence electrons. The van der Waals surface area contributed by atoms with E-state index < -0.39 is 0 Å². The third kappa shape index (κ3) is 3.07. The van der Waals surface area contributed by atoms with E-state index in [0.29, 0.717) is 4.88 Å². The number of carbonyl (C=O) groups is 1. The zero-order valence-electron chi connectivity index (χ0n) is 11.4. The highest BCUT2D eigenvalue weighted by Gasteiger charge is 2.21. The molecule has 4 heteroatoms. The first-order valence-electron chi connectivity index (χ1n) is 7.05. The minimum Gasteiger partial charge on any atom is -0.348 e. The Morgan fingerprint density at radius 2 is 2.00 bits per heavy atom. The van der Waals surface area contributed by atoms with Crippen molar-refractivity contribution in [3.8, 4) is 0 Å². The van der Waals surface area contributed by atoms with E-state index in [1.807, 2.05) is 0 Å². The van der Waals surface area contributed by atoms with E-state index in [-0.39, 0.29) is 0 Å². The molecule has 20 heavy (non-hydrogen) atoms. The van der Waals surface area contributed by atoms with E-state index in [2.05, 4.69) is 40.2 Å². The molecule has 0 bridgehead atoms. The number of aromatic nitrogens is 1. The maximum atomic E-state index is 10.7. The average Bonchev–Trinajstić information content (AvgIpc) is 2.98. The van der Waals surface area contributed by atoms with Gasteiger partial charge in [0, 0.05) is 13.1 Å². The standard InChI is InChI=1S/C16H18N2OS/c19-12-15-11-17-16(20-15)18-8-6-14(7-9-18)10-13-4-2-1-3-5-13/h1-5,11-12,14H,6-10H2. The van der Waals surface area contributed by atoms with E-state index >= 15 is 0 Å². The Labute approximate surface area is 123 Å². The van der Waals surface area contributed by atoms with Gasteiger partial charge in [0.2, 0.25) is 0 Å². The van der Waals surface area contributed by atoms with E-state index in [1.165, 1.54) is 36.2 Å². The number of anilines is 1. The fourth-order valence-corrected chi connectivity index (χ4v) is 3.53. The molecule has 0 N–H and O–H groups in total. The molecular formula is C16H18N2OS. The van der Waals surface area contributed by atoms with E-state index in [0.717, 1.165) is 30.4 Å². The zero-order valence-corrected chi connectivity index (χ0v) is 12.2. The fourth-order valence-electron chi connectivity index (χ4n) is 2.75. The van der Waals surface area contributed by atoms with Crippen LogP contribution in [-0.4, -0.2) is 24.4 Å². The van der Waals surface area contributed by atoms with Gasteiger partial charge in [-0.05, 0) is 30.7 Å². The first-order chi connectivity index (χ1) is 9.85. The number of hydrogen-bond acceptors (Lipinski definition) is 4. The van der Waals surface area contributed by atoms with Crippen molar-refractivity contribution >= 4 is 22.8 Å². The molecule has 1 aromatic heterocycles. The van der Waals surface area contributed by atoms with Gasteiger partial charge in [0.05, 0.1) is 11.1 Å². The normalized spacial score (nSPS) is 16.3. The molecule has 3 rings (SSSR count). The van der Waals surface area contributed by atoms with Crippen molar-refractivity contribution in [1.82, 2.24) is 4.98 Å². The smallest absolute Gasteiger partial charge is 0.185 e. The van der Waals surface area contributed by atoms with Crippen LogP contribution >= 0.6 is 11.3 Å². The molecule has 0 spiro atoms. The van der Waals surface area contributed by atoms with Gasteiger partial charge in [0.15, 0.2) is 11.4 Å². The van der Waals surface area contributed by atoms with Crippen molar-refractivity contribution in [1.29, 1.82) is 0 Å². The molecule has 1 aliphatic heterocycles. The molecule has 0 saturated carbocycles. The zero-order chi connectivity index (χ0) is 13.8. The number of hydrogen-bond donors (Lipinski definition) is 0. The fraction of sp³-hybridized carbons (Fsp3) is 0.375. The van der Waals surface area contributed by atoms with Crippen LogP contribution in [0.3, 0.4) is 0 Å². The summed E-state index contributed by atoms with van der Waals surface area (Å²) in [5.41, 5.74) is 1.43. The predicted molar refractivity (Wildman–Crippen MR) is 82.6 cm³/mol. The van der Waals surface area contributed by atoms with E-state index in [4.69, 9.17) is 0 Å². The Bertz CT molecular complexity index is 559. The number of aldehydes is 1. The van der Waals surface area contributed by atoms with Gasteiger partial charge in [-0.3, -0.25) is 4.79 Å². The summed E-state index contributed by atoms with van der Waals surface area (Å²) in [6, 6.07) is 10.7. The highest BCUT2D eigenvalue weighted by Crippen LogP contribution is 2.28. The van der Waals surface area contributed by atoms with Crippen molar-refractivity contribution in [2.45, 2.75) is 19.3 Å². The molecule has 3 nitrogen and oxygen atoms in total. The molecule has 0 aliphatic carbocycles. The Hall–Kier alpha value is -1.68. The quantitative estimate of drug-likeness (QED) is 0.808. The van der Waals surface area contributed by atoms with Crippen LogP contribution in [0.1, 0.15) is 28.1 Å². The van der Waals surface area contributed by atoms with Crippen LogP contribution in [0.2, 0.25) is 0 Å². The van der Waals surface area contributed by atoms with Crippen LogP contribution in [0.25, 0.3) is 0 Å². The lowest BCUT2D eigenvalue weighted by atomic mass is 9.90. The van der Waals surface area contributed by atoms with Crippen molar-refractivity contribution < 1.29 is 4.79 Å². The van der Waals surface area contributed by atoms with Gasteiger partial charge >= 0.3 is 0 Å². The van der Waals surface area contributed by atoms with Crippen LogP contribution < -0.4 is 4.90 Å². The Morgan fingerprint density at radius 3 is 2.65 bits per heavy atom. The minimum atomic E-state index is 0.714. The van der Waals surface area contributed by atoms with Crippen LogP contribution in [0, 0.1) is 5.92 Å². The molecule has 0 amide bonds. The lowest BCUT2D eigenvalue weighted by Gasteiger charge is -2.31.